The van der Waals surface area contributed by atoms with Crippen molar-refractivity contribution in [3.05, 3.63) is 51.1 Å². The minimum atomic E-state index is -0.686. The lowest BCUT2D eigenvalue weighted by Gasteiger charge is -2.16. The van der Waals surface area contributed by atoms with Gasteiger partial charge in [-0.15, -0.1) is 0 Å². The summed E-state index contributed by atoms with van der Waals surface area (Å²) in [6.45, 7) is 1.49. The van der Waals surface area contributed by atoms with Crippen LogP contribution in [0.2, 0.25) is 0 Å². The zero-order valence-electron chi connectivity index (χ0n) is 12.3. The van der Waals surface area contributed by atoms with E-state index in [1.165, 1.54) is 20.1 Å². The van der Waals surface area contributed by atoms with Crippen LogP contribution in [0.3, 0.4) is 0 Å². The molecule has 0 aliphatic carbocycles. The molecule has 2 aromatic rings. The number of nitrogens with two attached hydrogens (primary N) is 1. The molecule has 3 N–H and O–H groups in total. The molecule has 2 amide bonds. The van der Waals surface area contributed by atoms with Crippen LogP contribution in [0, 0.1) is 12.7 Å². The van der Waals surface area contributed by atoms with Gasteiger partial charge in [-0.3, -0.25) is 24.3 Å². The van der Waals surface area contributed by atoms with Crippen LogP contribution >= 0.6 is 0 Å². The molecule has 0 saturated carbocycles. The maximum absolute atomic E-state index is 13.7. The van der Waals surface area contributed by atoms with Crippen LogP contribution in [0.15, 0.2) is 23.0 Å². The number of nitrogen functional groups attached to an aromatic ring is 1. The van der Waals surface area contributed by atoms with E-state index in [0.29, 0.717) is 0 Å². The molecule has 0 fully saturated rings. The number of aromatic nitrogens is 1. The Morgan fingerprint density at radius 3 is 2.57 bits per heavy atom. The molecule has 0 spiro atoms. The zero-order valence-corrected chi connectivity index (χ0v) is 12.3. The molecule has 7 nitrogen and oxygen atoms in total. The Hall–Kier alpha value is -3.16. The fourth-order valence-corrected chi connectivity index (χ4v) is 2.61. The highest BCUT2D eigenvalue weighted by atomic mass is 19.1. The predicted molar refractivity (Wildman–Crippen MR) is 79.5 cm³/mol. The smallest absolute Gasteiger partial charge is 0.262 e. The van der Waals surface area contributed by atoms with Crippen LogP contribution in [-0.2, 0) is 0 Å². The van der Waals surface area contributed by atoms with Crippen LogP contribution in [0.5, 0.6) is 5.75 Å². The number of nitrogens with zero attached hydrogens (tertiary/aromatic N) is 1. The minimum Gasteiger partial charge on any atom is -0.494 e. The molecule has 1 aliphatic heterocycles. The molecule has 1 aromatic carbocycles. The first-order chi connectivity index (χ1) is 10.9. The van der Waals surface area contributed by atoms with Gasteiger partial charge in [0.1, 0.15) is 17.4 Å². The van der Waals surface area contributed by atoms with Crippen LogP contribution in [0.25, 0.3) is 5.69 Å². The molecule has 2 heterocycles. The fraction of sp³-hybridized carbons (Fsp3) is 0.133. The summed E-state index contributed by atoms with van der Waals surface area (Å²) < 4.78 is 19.9. The van der Waals surface area contributed by atoms with Gasteiger partial charge in [-0.25, -0.2) is 4.39 Å². The Morgan fingerprint density at radius 2 is 1.91 bits per heavy atom. The van der Waals surface area contributed by atoms with Crippen molar-refractivity contribution in [2.24, 2.45) is 0 Å². The number of rotatable bonds is 2. The number of hydrogen-bond donors (Lipinski definition) is 2. The number of ether oxygens (including phenoxy) is 1. The first-order valence-electron chi connectivity index (χ1n) is 6.61. The van der Waals surface area contributed by atoms with Crippen molar-refractivity contribution in [2.45, 2.75) is 6.92 Å². The molecule has 8 heteroatoms. The molecular formula is C15H12FN3O4. The number of imide groups is 1. The van der Waals surface area contributed by atoms with Crippen LogP contribution in [0.4, 0.5) is 10.2 Å². The third-order valence-corrected chi connectivity index (χ3v) is 3.72. The van der Waals surface area contributed by atoms with Gasteiger partial charge in [0.2, 0.25) is 0 Å². The van der Waals surface area contributed by atoms with Crippen molar-refractivity contribution in [3.63, 3.8) is 0 Å². The molecule has 0 bridgehead atoms. The van der Waals surface area contributed by atoms with Crippen molar-refractivity contribution in [1.29, 1.82) is 0 Å². The van der Waals surface area contributed by atoms with Crippen molar-refractivity contribution in [3.8, 4) is 11.4 Å². The average Bonchev–Trinajstić information content (AvgIpc) is 2.77. The molecule has 0 atom stereocenters. The van der Waals surface area contributed by atoms with Crippen molar-refractivity contribution >= 4 is 17.6 Å². The highest BCUT2D eigenvalue weighted by molar-refractivity contribution is 6.23. The highest BCUT2D eigenvalue weighted by Crippen LogP contribution is 2.31. The summed E-state index contributed by atoms with van der Waals surface area (Å²) in [5, 5.41) is 2.08. The molecule has 3 rings (SSSR count). The van der Waals surface area contributed by atoms with E-state index in [0.717, 1.165) is 16.7 Å². The molecule has 1 aliphatic rings. The maximum atomic E-state index is 13.7. The Labute approximate surface area is 129 Å². The number of carbonyl (C=O) groups is 2. The average molecular weight is 317 g/mol. The highest BCUT2D eigenvalue weighted by Gasteiger charge is 2.32. The van der Waals surface area contributed by atoms with E-state index in [9.17, 15) is 18.8 Å². The molecular weight excluding hydrogens is 305 g/mol. The molecule has 0 radical (unpaired) electrons. The van der Waals surface area contributed by atoms with Gasteiger partial charge in [0, 0.05) is 11.6 Å². The number of halogens is 1. The Morgan fingerprint density at radius 1 is 1.22 bits per heavy atom. The summed E-state index contributed by atoms with van der Waals surface area (Å²) in [6, 6.07) is 3.50. The first-order valence-corrected chi connectivity index (χ1v) is 6.61. The van der Waals surface area contributed by atoms with Crippen molar-refractivity contribution in [1.82, 2.24) is 9.88 Å². The van der Waals surface area contributed by atoms with Crippen LogP contribution in [0.1, 0.15) is 26.3 Å². The summed E-state index contributed by atoms with van der Waals surface area (Å²) in [5.41, 5.74) is 5.52. The third kappa shape index (κ3) is 1.99. The minimum absolute atomic E-state index is 0.0773. The second kappa shape index (κ2) is 4.94. The van der Waals surface area contributed by atoms with Crippen molar-refractivity contribution < 1.29 is 18.7 Å². The van der Waals surface area contributed by atoms with Crippen molar-refractivity contribution in [2.75, 3.05) is 12.8 Å². The van der Waals surface area contributed by atoms with E-state index < -0.39 is 23.2 Å². The Balaban J connectivity index is 2.38. The van der Waals surface area contributed by atoms with Gasteiger partial charge in [-0.2, -0.15) is 0 Å². The number of pyridine rings is 1. The quantitative estimate of drug-likeness (QED) is 0.796. The van der Waals surface area contributed by atoms with E-state index in [2.05, 4.69) is 5.32 Å². The molecule has 0 saturated heterocycles. The predicted octanol–water partition coefficient (Wildman–Crippen LogP) is 0.759. The van der Waals surface area contributed by atoms with E-state index in [1.807, 2.05) is 0 Å². The first kappa shape index (κ1) is 14.8. The molecule has 118 valence electrons. The molecule has 23 heavy (non-hydrogen) atoms. The van der Waals surface area contributed by atoms with E-state index in [4.69, 9.17) is 10.5 Å². The fourth-order valence-electron chi connectivity index (χ4n) is 2.61. The van der Waals surface area contributed by atoms with Crippen LogP contribution < -0.4 is 21.3 Å². The molecule has 1 aromatic heterocycles. The number of methoxy groups -OCH3 is 1. The third-order valence-electron chi connectivity index (χ3n) is 3.72. The summed E-state index contributed by atoms with van der Waals surface area (Å²) in [7, 11) is 1.33. The van der Waals surface area contributed by atoms with E-state index in [-0.39, 0.29) is 33.9 Å². The van der Waals surface area contributed by atoms with Gasteiger partial charge in [0.15, 0.2) is 0 Å². The monoisotopic (exact) mass is 317 g/mol. The Bertz CT molecular complexity index is 933. The second-order valence-electron chi connectivity index (χ2n) is 5.00. The number of carbonyl (C=O) groups excluding carboxylic acids is 2. The lowest BCUT2D eigenvalue weighted by molar-refractivity contribution is 0.0880. The summed E-state index contributed by atoms with van der Waals surface area (Å²) in [5.74, 6) is -1.97. The maximum Gasteiger partial charge on any atom is 0.262 e. The summed E-state index contributed by atoms with van der Waals surface area (Å²) >= 11 is 0. The normalized spacial score (nSPS) is 13.0. The number of benzene rings is 1. The van der Waals surface area contributed by atoms with Gasteiger partial charge >= 0.3 is 0 Å². The van der Waals surface area contributed by atoms with E-state index >= 15 is 0 Å². The van der Waals surface area contributed by atoms with E-state index in [1.54, 1.807) is 0 Å². The lowest BCUT2D eigenvalue weighted by Crippen LogP contribution is -2.24. The second-order valence-corrected chi connectivity index (χ2v) is 5.00. The van der Waals surface area contributed by atoms with Gasteiger partial charge in [-0.05, 0) is 19.1 Å². The lowest BCUT2D eigenvalue weighted by atomic mass is 10.1. The SMILES string of the molecule is COc1c(-n2c(N)c3c(cc2=O)C(=O)NC3=O)ccc(F)c1C. The van der Waals surface area contributed by atoms with Gasteiger partial charge in [0.25, 0.3) is 17.4 Å². The summed E-state index contributed by atoms with van der Waals surface area (Å²) in [6.07, 6.45) is 0. The number of anilines is 1. The largest absolute Gasteiger partial charge is 0.494 e. The zero-order chi connectivity index (χ0) is 16.9. The standard InChI is InChI=1S/C15H12FN3O4/c1-6-8(16)3-4-9(12(6)23-2)19-10(20)5-7-11(13(19)17)15(22)18-14(7)21/h3-5H,17H2,1-2H3,(H,18,21,22). The van der Waals surface area contributed by atoms with Gasteiger partial charge in [0.05, 0.1) is 23.9 Å². The Kier molecular flexibility index (Phi) is 3.17. The number of amides is 2. The summed E-state index contributed by atoms with van der Waals surface area (Å²) in [4.78, 5) is 35.8. The number of fused-ring (bicyclic) bond motifs is 1. The number of nitrogens with one attached hydrogen (secondary N) is 1. The van der Waals surface area contributed by atoms with Gasteiger partial charge < -0.3 is 10.5 Å². The molecule has 0 unspecified atom stereocenters. The van der Waals surface area contributed by atoms with Crippen LogP contribution in [-0.4, -0.2) is 23.5 Å². The topological polar surface area (TPSA) is 103 Å². The number of hydrogen-bond acceptors (Lipinski definition) is 5. The van der Waals surface area contributed by atoms with Gasteiger partial charge in [-0.1, -0.05) is 0 Å².